The summed E-state index contributed by atoms with van der Waals surface area (Å²) in [4.78, 5) is 21.7. The number of carboxylic acid groups (broad SMARTS) is 1. The summed E-state index contributed by atoms with van der Waals surface area (Å²) in [6, 6.07) is 0. The van der Waals surface area contributed by atoms with Crippen LogP contribution in [0.3, 0.4) is 0 Å². The quantitative estimate of drug-likeness (QED) is 0.542. The second-order valence-electron chi connectivity index (χ2n) is 4.31. The molecule has 6 heteroatoms. The molecule has 16 heavy (non-hydrogen) atoms. The van der Waals surface area contributed by atoms with Crippen LogP contribution in [0.5, 0.6) is 0 Å². The van der Waals surface area contributed by atoms with Gasteiger partial charge in [0.25, 0.3) is 0 Å². The number of hydrogen-bond acceptors (Lipinski definition) is 4. The molecule has 1 atom stereocenters. The fourth-order valence-electron chi connectivity index (χ4n) is 1.00. The van der Waals surface area contributed by atoms with Crippen molar-refractivity contribution in [3.63, 3.8) is 0 Å². The molecule has 0 radical (unpaired) electrons. The molecule has 0 bridgehead atoms. The van der Waals surface area contributed by atoms with Crippen LogP contribution >= 0.6 is 0 Å². The first-order valence-corrected chi connectivity index (χ1v) is 5.22. The zero-order valence-electron chi connectivity index (χ0n) is 9.23. The Bertz CT molecular complexity index is 272. The van der Waals surface area contributed by atoms with Crippen LogP contribution in [-0.4, -0.2) is 47.4 Å². The van der Waals surface area contributed by atoms with E-state index in [0.717, 1.165) is 19.8 Å². The van der Waals surface area contributed by atoms with Gasteiger partial charge in [0.1, 0.15) is 6.61 Å². The summed E-state index contributed by atoms with van der Waals surface area (Å²) < 4.78 is 5.10. The van der Waals surface area contributed by atoms with E-state index in [1.807, 2.05) is 0 Å². The summed E-state index contributed by atoms with van der Waals surface area (Å²) in [5.74, 6) is -1.20. The van der Waals surface area contributed by atoms with Crippen LogP contribution in [0.2, 0.25) is 0 Å². The Kier molecular flexibility index (Phi) is 4.26. The van der Waals surface area contributed by atoms with Gasteiger partial charge in [-0.1, -0.05) is 0 Å². The van der Waals surface area contributed by atoms with Crippen LogP contribution in [0.4, 0.5) is 0 Å². The number of amides is 1. The lowest BCUT2D eigenvalue weighted by molar-refractivity contribution is -0.156. The minimum absolute atomic E-state index is 0.0911. The highest BCUT2D eigenvalue weighted by Gasteiger charge is 2.30. The number of aliphatic carboxylic acids is 1. The van der Waals surface area contributed by atoms with Crippen molar-refractivity contribution in [2.24, 2.45) is 5.92 Å². The highest BCUT2D eigenvalue weighted by molar-refractivity contribution is 5.80. The van der Waals surface area contributed by atoms with Gasteiger partial charge in [0.2, 0.25) is 5.91 Å². The summed E-state index contributed by atoms with van der Waals surface area (Å²) in [5, 5.41) is 20.2. The van der Waals surface area contributed by atoms with E-state index >= 15 is 0 Å². The number of rotatable bonds is 7. The molecule has 1 aliphatic rings. The van der Waals surface area contributed by atoms with Crippen LogP contribution in [0, 0.1) is 5.92 Å². The van der Waals surface area contributed by atoms with E-state index in [1.165, 1.54) is 0 Å². The molecule has 1 amide bonds. The van der Waals surface area contributed by atoms with Gasteiger partial charge < -0.3 is 20.3 Å². The number of carbonyl (C=O) groups is 2. The Morgan fingerprint density at radius 3 is 2.62 bits per heavy atom. The smallest absolute Gasteiger partial charge is 0.337 e. The number of hydrogen-bond donors (Lipinski definition) is 3. The molecule has 0 aromatic heterocycles. The molecule has 3 N–H and O–H groups in total. The molecule has 1 saturated carbocycles. The molecule has 1 fully saturated rings. The SMILES string of the molecule is CC(O)(CNC(=O)COCC1CC1)C(=O)O. The standard InChI is InChI=1S/C10H17NO5/c1-10(15,9(13)14)6-11-8(12)5-16-4-7-2-3-7/h7,15H,2-6H2,1H3,(H,11,12)(H,13,14). The van der Waals surface area contributed by atoms with Crippen molar-refractivity contribution in [2.75, 3.05) is 19.8 Å². The van der Waals surface area contributed by atoms with Crippen molar-refractivity contribution < 1.29 is 24.5 Å². The molecule has 1 rings (SSSR count). The molecule has 0 aliphatic heterocycles. The lowest BCUT2D eigenvalue weighted by Crippen LogP contribution is -2.47. The predicted molar refractivity (Wildman–Crippen MR) is 54.8 cm³/mol. The lowest BCUT2D eigenvalue weighted by Gasteiger charge is -2.18. The van der Waals surface area contributed by atoms with Gasteiger partial charge >= 0.3 is 5.97 Å². The Labute approximate surface area is 93.6 Å². The minimum atomic E-state index is -1.94. The molecular formula is C10H17NO5. The molecule has 1 aliphatic carbocycles. The third-order valence-electron chi connectivity index (χ3n) is 2.37. The number of ether oxygens (including phenoxy) is 1. The van der Waals surface area contributed by atoms with Gasteiger partial charge in [-0.15, -0.1) is 0 Å². The van der Waals surface area contributed by atoms with E-state index in [9.17, 15) is 14.7 Å². The van der Waals surface area contributed by atoms with Crippen molar-refractivity contribution in [3.05, 3.63) is 0 Å². The Morgan fingerprint density at radius 2 is 2.12 bits per heavy atom. The van der Waals surface area contributed by atoms with E-state index in [1.54, 1.807) is 0 Å². The average Bonchev–Trinajstić information content (AvgIpc) is 2.98. The second kappa shape index (κ2) is 5.27. The van der Waals surface area contributed by atoms with Crippen molar-refractivity contribution in [3.8, 4) is 0 Å². The van der Waals surface area contributed by atoms with E-state index in [4.69, 9.17) is 9.84 Å². The van der Waals surface area contributed by atoms with Gasteiger partial charge in [-0.25, -0.2) is 4.79 Å². The molecule has 92 valence electrons. The van der Waals surface area contributed by atoms with E-state index < -0.39 is 17.5 Å². The van der Waals surface area contributed by atoms with Crippen molar-refractivity contribution >= 4 is 11.9 Å². The summed E-state index contributed by atoms with van der Waals surface area (Å²) in [6.45, 7) is 1.28. The number of carbonyl (C=O) groups excluding carboxylic acids is 1. The van der Waals surface area contributed by atoms with Crippen LogP contribution in [0.25, 0.3) is 0 Å². The highest BCUT2D eigenvalue weighted by Crippen LogP contribution is 2.28. The van der Waals surface area contributed by atoms with Gasteiger partial charge in [-0.3, -0.25) is 4.79 Å². The first-order valence-electron chi connectivity index (χ1n) is 5.22. The fraction of sp³-hybridized carbons (Fsp3) is 0.800. The van der Waals surface area contributed by atoms with Crippen LogP contribution < -0.4 is 5.32 Å². The van der Waals surface area contributed by atoms with Crippen molar-refractivity contribution in [1.29, 1.82) is 0 Å². The predicted octanol–water partition coefficient (Wildman–Crippen LogP) is -0.635. The van der Waals surface area contributed by atoms with Gasteiger partial charge in [0.05, 0.1) is 13.2 Å². The van der Waals surface area contributed by atoms with Gasteiger partial charge in [0.15, 0.2) is 5.60 Å². The third kappa shape index (κ3) is 4.59. The fourth-order valence-corrected chi connectivity index (χ4v) is 1.00. The van der Waals surface area contributed by atoms with E-state index in [2.05, 4.69) is 5.32 Å². The summed E-state index contributed by atoms with van der Waals surface area (Å²) in [5.41, 5.74) is -1.94. The maximum absolute atomic E-state index is 11.2. The molecule has 0 aromatic rings. The molecule has 0 heterocycles. The minimum Gasteiger partial charge on any atom is -0.479 e. The zero-order valence-corrected chi connectivity index (χ0v) is 9.23. The van der Waals surface area contributed by atoms with Gasteiger partial charge in [-0.2, -0.15) is 0 Å². The molecule has 0 saturated heterocycles. The van der Waals surface area contributed by atoms with E-state index in [-0.39, 0.29) is 13.2 Å². The molecule has 0 aromatic carbocycles. The van der Waals surface area contributed by atoms with E-state index in [0.29, 0.717) is 12.5 Å². The zero-order chi connectivity index (χ0) is 12.2. The van der Waals surface area contributed by atoms with Gasteiger partial charge in [0, 0.05) is 0 Å². The summed E-state index contributed by atoms with van der Waals surface area (Å²) in [7, 11) is 0. The first-order chi connectivity index (χ1) is 7.42. The highest BCUT2D eigenvalue weighted by atomic mass is 16.5. The molecular weight excluding hydrogens is 214 g/mol. The molecule has 6 nitrogen and oxygen atoms in total. The third-order valence-corrected chi connectivity index (χ3v) is 2.37. The monoisotopic (exact) mass is 231 g/mol. The maximum atomic E-state index is 11.2. The largest absolute Gasteiger partial charge is 0.479 e. The average molecular weight is 231 g/mol. The summed E-state index contributed by atoms with van der Waals surface area (Å²) in [6.07, 6.45) is 2.30. The van der Waals surface area contributed by atoms with Crippen molar-refractivity contribution in [1.82, 2.24) is 5.32 Å². The van der Waals surface area contributed by atoms with Crippen molar-refractivity contribution in [2.45, 2.75) is 25.4 Å². The first kappa shape index (κ1) is 12.9. The van der Waals surface area contributed by atoms with Gasteiger partial charge in [-0.05, 0) is 25.7 Å². The van der Waals surface area contributed by atoms with Crippen LogP contribution in [0.1, 0.15) is 19.8 Å². The Hall–Kier alpha value is -1.14. The number of carboxylic acids is 1. The van der Waals surface area contributed by atoms with Crippen LogP contribution in [-0.2, 0) is 14.3 Å². The Morgan fingerprint density at radius 1 is 1.50 bits per heavy atom. The number of nitrogens with one attached hydrogen (secondary N) is 1. The topological polar surface area (TPSA) is 95.9 Å². The molecule has 0 spiro atoms. The van der Waals surface area contributed by atoms with Crippen LogP contribution in [0.15, 0.2) is 0 Å². The second-order valence-corrected chi connectivity index (χ2v) is 4.31. The lowest BCUT2D eigenvalue weighted by atomic mass is 10.1. The molecule has 1 unspecified atom stereocenters. The maximum Gasteiger partial charge on any atom is 0.337 e. The normalized spacial score (nSPS) is 18.9. The number of aliphatic hydroxyl groups is 1. The Balaban J connectivity index is 2.10. The summed E-state index contributed by atoms with van der Waals surface area (Å²) >= 11 is 0.